The molecule has 1 unspecified atom stereocenters. The summed E-state index contributed by atoms with van der Waals surface area (Å²) in [5, 5.41) is 20.7. The van der Waals surface area contributed by atoms with Crippen LogP contribution in [0, 0.1) is 23.1 Å². The Labute approximate surface area is 155 Å². The molecule has 0 saturated heterocycles. The molecule has 1 aliphatic heterocycles. The number of nitrogens with zero attached hydrogens (tertiary/aromatic N) is 3. The number of halogens is 1. The molecule has 2 heterocycles. The molecule has 2 aromatic rings. The minimum Gasteiger partial charge on any atom is -0.481 e. The number of rotatable bonds is 4. The van der Waals surface area contributed by atoms with Crippen LogP contribution < -0.4 is 5.32 Å². The number of carboxylic acids is 1. The predicted octanol–water partition coefficient (Wildman–Crippen LogP) is 1.87. The zero-order chi connectivity index (χ0) is 19.3. The summed E-state index contributed by atoms with van der Waals surface area (Å²) >= 11 is 0. The van der Waals surface area contributed by atoms with Gasteiger partial charge in [-0.15, -0.1) is 10.2 Å². The number of aliphatic carboxylic acids is 1. The number of benzene rings is 1. The molecule has 1 saturated carbocycles. The molecule has 1 aromatic carbocycles. The molecule has 3 atom stereocenters. The maximum atomic E-state index is 13.2. The first-order valence-corrected chi connectivity index (χ1v) is 9.00. The van der Waals surface area contributed by atoms with E-state index >= 15 is 0 Å². The normalized spacial score (nSPS) is 25.5. The molecule has 2 aliphatic rings. The third-order valence-electron chi connectivity index (χ3n) is 5.77. The zero-order valence-electron chi connectivity index (χ0n) is 15.1. The van der Waals surface area contributed by atoms with Gasteiger partial charge in [0.25, 0.3) is 0 Å². The van der Waals surface area contributed by atoms with E-state index in [1.165, 1.54) is 12.1 Å². The van der Waals surface area contributed by atoms with Crippen LogP contribution in [0.3, 0.4) is 0 Å². The number of carboxylic acid groups (broad SMARTS) is 1. The average molecular weight is 372 g/mol. The van der Waals surface area contributed by atoms with Gasteiger partial charge in [0, 0.05) is 24.6 Å². The highest BCUT2D eigenvalue weighted by molar-refractivity contribution is 5.91. The second-order valence-electron chi connectivity index (χ2n) is 7.92. The van der Waals surface area contributed by atoms with E-state index in [4.69, 9.17) is 0 Å². The van der Waals surface area contributed by atoms with Crippen LogP contribution in [0.5, 0.6) is 0 Å². The predicted molar refractivity (Wildman–Crippen MR) is 94.1 cm³/mol. The molecular weight excluding hydrogens is 351 g/mol. The van der Waals surface area contributed by atoms with E-state index in [0.717, 1.165) is 17.8 Å². The molecule has 2 N–H and O–H groups in total. The lowest BCUT2D eigenvalue weighted by Crippen LogP contribution is -2.42. The molecule has 8 heteroatoms. The molecule has 4 rings (SSSR count). The molecule has 142 valence electrons. The Morgan fingerprint density at radius 1 is 1.22 bits per heavy atom. The summed E-state index contributed by atoms with van der Waals surface area (Å²) in [4.78, 5) is 23.9. The largest absolute Gasteiger partial charge is 0.481 e. The fourth-order valence-electron chi connectivity index (χ4n) is 4.14. The molecule has 27 heavy (non-hydrogen) atoms. The van der Waals surface area contributed by atoms with Crippen molar-refractivity contribution in [1.82, 2.24) is 20.1 Å². The fourth-order valence-corrected chi connectivity index (χ4v) is 4.14. The van der Waals surface area contributed by atoms with Crippen molar-refractivity contribution in [2.75, 3.05) is 0 Å². The zero-order valence-corrected chi connectivity index (χ0v) is 15.1. The maximum Gasteiger partial charge on any atom is 0.307 e. The number of aromatic nitrogens is 3. The van der Waals surface area contributed by atoms with Crippen LogP contribution in [0.15, 0.2) is 24.3 Å². The van der Waals surface area contributed by atoms with Crippen molar-refractivity contribution in [1.29, 1.82) is 0 Å². The SMILES string of the molecule is CC1(C)[C@H](C(=O)O)[C@@H]1C(=O)NC1CCc2nnc(-c3ccc(F)cc3)n2C1. The number of hydrogen-bond donors (Lipinski definition) is 2. The van der Waals surface area contributed by atoms with E-state index in [-0.39, 0.29) is 17.8 Å². The molecule has 1 amide bonds. The van der Waals surface area contributed by atoms with E-state index in [1.807, 2.05) is 4.57 Å². The molecule has 0 bridgehead atoms. The van der Waals surface area contributed by atoms with Crippen molar-refractivity contribution in [3.8, 4) is 11.4 Å². The van der Waals surface area contributed by atoms with Crippen molar-refractivity contribution in [3.63, 3.8) is 0 Å². The maximum absolute atomic E-state index is 13.2. The van der Waals surface area contributed by atoms with E-state index in [9.17, 15) is 19.1 Å². The van der Waals surface area contributed by atoms with Crippen LogP contribution >= 0.6 is 0 Å². The van der Waals surface area contributed by atoms with Crippen molar-refractivity contribution in [2.24, 2.45) is 17.3 Å². The van der Waals surface area contributed by atoms with Gasteiger partial charge in [0.05, 0.1) is 11.8 Å². The number of hydrogen-bond acceptors (Lipinski definition) is 4. The molecule has 0 radical (unpaired) electrons. The van der Waals surface area contributed by atoms with Gasteiger partial charge in [-0.05, 0) is 36.1 Å². The molecule has 1 fully saturated rings. The van der Waals surface area contributed by atoms with Crippen LogP contribution in [0.4, 0.5) is 4.39 Å². The van der Waals surface area contributed by atoms with Gasteiger partial charge in [-0.25, -0.2) is 4.39 Å². The standard InChI is InChI=1S/C19H21FN4O3/c1-19(2)14(15(19)18(26)27)17(25)21-12-7-8-13-22-23-16(24(13)9-12)10-3-5-11(20)6-4-10/h3-6,12,14-15H,7-9H2,1-2H3,(H,21,25)(H,26,27)/t12?,14-,15+/m1/s1. The van der Waals surface area contributed by atoms with Crippen molar-refractivity contribution >= 4 is 11.9 Å². The minimum atomic E-state index is -0.927. The Morgan fingerprint density at radius 3 is 2.56 bits per heavy atom. The number of nitrogens with one attached hydrogen (secondary N) is 1. The number of aryl methyl sites for hydroxylation is 1. The smallest absolute Gasteiger partial charge is 0.307 e. The lowest BCUT2D eigenvalue weighted by molar-refractivity contribution is -0.140. The molecule has 1 aliphatic carbocycles. The third kappa shape index (κ3) is 2.98. The summed E-state index contributed by atoms with van der Waals surface area (Å²) < 4.78 is 15.1. The molecule has 1 aromatic heterocycles. The van der Waals surface area contributed by atoms with E-state index in [1.54, 1.807) is 26.0 Å². The summed E-state index contributed by atoms with van der Waals surface area (Å²) in [6, 6.07) is 5.93. The Morgan fingerprint density at radius 2 is 1.93 bits per heavy atom. The van der Waals surface area contributed by atoms with Gasteiger partial charge in [-0.2, -0.15) is 0 Å². The van der Waals surface area contributed by atoms with E-state index < -0.39 is 23.2 Å². The topological polar surface area (TPSA) is 97.1 Å². The van der Waals surface area contributed by atoms with Crippen LogP contribution in [-0.2, 0) is 22.6 Å². The number of carbonyl (C=O) groups excluding carboxylic acids is 1. The highest BCUT2D eigenvalue weighted by atomic mass is 19.1. The number of amides is 1. The first-order valence-electron chi connectivity index (χ1n) is 9.00. The quantitative estimate of drug-likeness (QED) is 0.854. The van der Waals surface area contributed by atoms with Gasteiger partial charge in [-0.1, -0.05) is 13.8 Å². The van der Waals surface area contributed by atoms with Gasteiger partial charge in [0.2, 0.25) is 5.91 Å². The van der Waals surface area contributed by atoms with Crippen LogP contribution in [0.1, 0.15) is 26.1 Å². The fraction of sp³-hybridized carbons (Fsp3) is 0.474. The van der Waals surface area contributed by atoms with Crippen molar-refractivity contribution in [2.45, 2.75) is 39.3 Å². The van der Waals surface area contributed by atoms with Crippen LogP contribution in [0.25, 0.3) is 11.4 Å². The molecular formula is C19H21FN4O3. The van der Waals surface area contributed by atoms with Crippen LogP contribution in [0.2, 0.25) is 0 Å². The molecule has 0 spiro atoms. The van der Waals surface area contributed by atoms with E-state index in [0.29, 0.717) is 18.8 Å². The second kappa shape index (κ2) is 6.14. The summed E-state index contributed by atoms with van der Waals surface area (Å²) in [5.74, 6) is -1.13. The van der Waals surface area contributed by atoms with Gasteiger partial charge in [-0.3, -0.25) is 9.59 Å². The highest BCUT2D eigenvalue weighted by Gasteiger charge is 2.66. The summed E-state index contributed by atoms with van der Waals surface area (Å²) in [6.07, 6.45) is 1.38. The van der Waals surface area contributed by atoms with Crippen molar-refractivity contribution < 1.29 is 19.1 Å². The monoisotopic (exact) mass is 372 g/mol. The van der Waals surface area contributed by atoms with E-state index in [2.05, 4.69) is 15.5 Å². The Kier molecular flexibility index (Phi) is 4.01. The summed E-state index contributed by atoms with van der Waals surface area (Å²) in [6.45, 7) is 4.12. The second-order valence-corrected chi connectivity index (χ2v) is 7.92. The third-order valence-corrected chi connectivity index (χ3v) is 5.77. The Balaban J connectivity index is 1.49. The number of fused-ring (bicyclic) bond motifs is 1. The lowest BCUT2D eigenvalue weighted by atomic mass is 10.0. The Bertz CT molecular complexity index is 906. The first-order chi connectivity index (χ1) is 12.8. The van der Waals surface area contributed by atoms with Gasteiger partial charge in [0.15, 0.2) is 5.82 Å². The first kappa shape index (κ1) is 17.6. The number of carbonyl (C=O) groups is 2. The Hall–Kier alpha value is -2.77. The van der Waals surface area contributed by atoms with Crippen LogP contribution in [-0.4, -0.2) is 37.8 Å². The lowest BCUT2D eigenvalue weighted by Gasteiger charge is -2.25. The minimum absolute atomic E-state index is 0.119. The summed E-state index contributed by atoms with van der Waals surface area (Å²) in [5.41, 5.74) is 0.238. The average Bonchev–Trinajstić information content (AvgIpc) is 2.98. The van der Waals surface area contributed by atoms with Gasteiger partial charge in [0.1, 0.15) is 11.6 Å². The molecule has 7 nitrogen and oxygen atoms in total. The summed E-state index contributed by atoms with van der Waals surface area (Å²) in [7, 11) is 0. The van der Waals surface area contributed by atoms with Crippen molar-refractivity contribution in [3.05, 3.63) is 35.9 Å². The van der Waals surface area contributed by atoms with Gasteiger partial charge >= 0.3 is 5.97 Å². The van der Waals surface area contributed by atoms with Gasteiger partial charge < -0.3 is 15.0 Å². The highest BCUT2D eigenvalue weighted by Crippen LogP contribution is 2.58.